The Morgan fingerprint density at radius 2 is 1.79 bits per heavy atom. The molecule has 0 aromatic heterocycles. The number of carbonyl (C=O) groups is 1. The third-order valence-corrected chi connectivity index (χ3v) is 5.73. The van der Waals surface area contributed by atoms with Crippen molar-refractivity contribution < 1.29 is 19.0 Å². The normalized spacial score (nSPS) is 21.6. The lowest BCUT2D eigenvalue weighted by atomic mass is 9.77. The van der Waals surface area contributed by atoms with E-state index in [1.54, 1.807) is 21.3 Å². The quantitative estimate of drug-likeness (QED) is 0.731. The van der Waals surface area contributed by atoms with Gasteiger partial charge in [0, 0.05) is 24.2 Å². The van der Waals surface area contributed by atoms with Crippen molar-refractivity contribution in [3.05, 3.63) is 53.6 Å². The first-order chi connectivity index (χ1) is 14.0. The monoisotopic (exact) mass is 394 g/mol. The zero-order chi connectivity index (χ0) is 20.5. The van der Waals surface area contributed by atoms with Gasteiger partial charge in [-0.25, -0.2) is 0 Å². The molecule has 2 N–H and O–H groups in total. The fraction of sp³-hybridized carbons (Fsp3) is 0.348. The smallest absolute Gasteiger partial charge is 0.221 e. The Labute approximate surface area is 170 Å². The Balaban J connectivity index is 1.75. The zero-order valence-corrected chi connectivity index (χ0v) is 17.1. The van der Waals surface area contributed by atoms with E-state index >= 15 is 0 Å². The summed E-state index contributed by atoms with van der Waals surface area (Å²) in [5.41, 5.74) is 4.20. The van der Waals surface area contributed by atoms with Gasteiger partial charge in [0.05, 0.1) is 27.4 Å². The van der Waals surface area contributed by atoms with Crippen LogP contribution in [0.4, 0.5) is 11.4 Å². The third-order valence-electron chi connectivity index (χ3n) is 5.73. The van der Waals surface area contributed by atoms with E-state index in [2.05, 4.69) is 28.9 Å². The molecule has 4 rings (SSSR count). The summed E-state index contributed by atoms with van der Waals surface area (Å²) < 4.78 is 16.6. The first-order valence-electron chi connectivity index (χ1n) is 9.70. The summed E-state index contributed by atoms with van der Waals surface area (Å²) in [5, 5.41) is 6.58. The molecule has 152 valence electrons. The van der Waals surface area contributed by atoms with Gasteiger partial charge in [-0.3, -0.25) is 4.79 Å². The number of allylic oxidation sites excluding steroid dienone is 2. The maximum atomic E-state index is 11.4. The highest BCUT2D eigenvalue weighted by molar-refractivity contribution is 5.89. The van der Waals surface area contributed by atoms with Crippen molar-refractivity contribution in [2.45, 2.75) is 25.3 Å². The lowest BCUT2D eigenvalue weighted by Gasteiger charge is -2.38. The summed E-state index contributed by atoms with van der Waals surface area (Å²) in [6.45, 7) is 1.52. The van der Waals surface area contributed by atoms with Gasteiger partial charge in [-0.1, -0.05) is 12.2 Å². The van der Waals surface area contributed by atoms with E-state index in [1.165, 1.54) is 12.5 Å². The van der Waals surface area contributed by atoms with Gasteiger partial charge in [0.15, 0.2) is 11.5 Å². The minimum absolute atomic E-state index is 0.0671. The molecule has 2 aliphatic rings. The number of fused-ring (bicyclic) bond motifs is 3. The van der Waals surface area contributed by atoms with Crippen LogP contribution in [0.15, 0.2) is 42.5 Å². The van der Waals surface area contributed by atoms with Crippen molar-refractivity contribution in [2.75, 3.05) is 32.0 Å². The minimum Gasteiger partial charge on any atom is -0.493 e. The van der Waals surface area contributed by atoms with Crippen LogP contribution in [-0.2, 0) is 4.79 Å². The number of benzene rings is 2. The number of ether oxygens (including phenoxy) is 3. The van der Waals surface area contributed by atoms with Crippen molar-refractivity contribution in [1.29, 1.82) is 0 Å². The Bertz CT molecular complexity index is 944. The molecular formula is C23H26N2O4. The van der Waals surface area contributed by atoms with Crippen molar-refractivity contribution in [3.63, 3.8) is 0 Å². The van der Waals surface area contributed by atoms with Crippen LogP contribution in [0.2, 0.25) is 0 Å². The number of rotatable bonds is 5. The van der Waals surface area contributed by atoms with Crippen LogP contribution in [0, 0.1) is 5.92 Å². The number of methoxy groups -OCH3 is 3. The fourth-order valence-corrected chi connectivity index (χ4v) is 4.49. The molecular weight excluding hydrogens is 368 g/mol. The number of nitrogens with one attached hydrogen (secondary N) is 2. The van der Waals surface area contributed by atoms with Crippen molar-refractivity contribution in [2.24, 2.45) is 5.92 Å². The minimum atomic E-state index is -0.0671. The molecule has 1 aliphatic carbocycles. The van der Waals surface area contributed by atoms with E-state index in [0.29, 0.717) is 23.2 Å². The van der Waals surface area contributed by atoms with Crippen LogP contribution in [0.1, 0.15) is 36.4 Å². The topological polar surface area (TPSA) is 68.8 Å². The lowest BCUT2D eigenvalue weighted by Crippen LogP contribution is -2.29. The van der Waals surface area contributed by atoms with E-state index < -0.39 is 0 Å². The molecule has 2 aromatic carbocycles. The van der Waals surface area contributed by atoms with Crippen LogP contribution in [0.3, 0.4) is 0 Å². The Morgan fingerprint density at radius 1 is 1.07 bits per heavy atom. The van der Waals surface area contributed by atoms with E-state index in [1.807, 2.05) is 24.3 Å². The van der Waals surface area contributed by atoms with Crippen molar-refractivity contribution in [3.8, 4) is 17.2 Å². The summed E-state index contributed by atoms with van der Waals surface area (Å²) in [6, 6.07) is 10.2. The van der Waals surface area contributed by atoms with Crippen molar-refractivity contribution in [1.82, 2.24) is 0 Å². The molecule has 1 heterocycles. The Hall–Kier alpha value is -3.15. The molecule has 3 atom stereocenters. The second-order valence-corrected chi connectivity index (χ2v) is 7.42. The molecule has 0 saturated carbocycles. The maximum absolute atomic E-state index is 11.4. The molecule has 0 radical (unpaired) electrons. The van der Waals surface area contributed by atoms with Crippen LogP contribution in [0.5, 0.6) is 17.2 Å². The van der Waals surface area contributed by atoms with E-state index in [9.17, 15) is 4.79 Å². The summed E-state index contributed by atoms with van der Waals surface area (Å²) in [4.78, 5) is 11.4. The van der Waals surface area contributed by atoms with Crippen LogP contribution >= 0.6 is 0 Å². The summed E-state index contributed by atoms with van der Waals surface area (Å²) in [5.74, 6) is 2.47. The average molecular weight is 394 g/mol. The predicted molar refractivity (Wildman–Crippen MR) is 113 cm³/mol. The molecule has 3 unspecified atom stereocenters. The SMILES string of the molecule is COc1cc(C2Nc3ccc(NC(C)=O)cc3C3C=CCC32)cc(OC)c1OC. The Morgan fingerprint density at radius 3 is 2.41 bits per heavy atom. The van der Waals surface area contributed by atoms with Crippen LogP contribution in [0.25, 0.3) is 0 Å². The van der Waals surface area contributed by atoms with E-state index in [-0.39, 0.29) is 17.9 Å². The lowest BCUT2D eigenvalue weighted by molar-refractivity contribution is -0.114. The van der Waals surface area contributed by atoms with Gasteiger partial charge in [0.2, 0.25) is 11.7 Å². The maximum Gasteiger partial charge on any atom is 0.221 e. The number of anilines is 2. The molecule has 0 spiro atoms. The average Bonchev–Trinajstić information content (AvgIpc) is 3.22. The first kappa shape index (κ1) is 19.2. The summed E-state index contributed by atoms with van der Waals surface area (Å²) >= 11 is 0. The van der Waals surface area contributed by atoms with Crippen molar-refractivity contribution >= 4 is 17.3 Å². The second-order valence-electron chi connectivity index (χ2n) is 7.42. The van der Waals surface area contributed by atoms with Gasteiger partial charge >= 0.3 is 0 Å². The van der Waals surface area contributed by atoms with Gasteiger partial charge in [0.25, 0.3) is 0 Å². The van der Waals surface area contributed by atoms with E-state index in [4.69, 9.17) is 14.2 Å². The van der Waals surface area contributed by atoms with Gasteiger partial charge in [0.1, 0.15) is 0 Å². The highest BCUT2D eigenvalue weighted by Gasteiger charge is 2.38. The summed E-state index contributed by atoms with van der Waals surface area (Å²) in [7, 11) is 4.88. The number of hydrogen-bond donors (Lipinski definition) is 2. The predicted octanol–water partition coefficient (Wildman–Crippen LogP) is 4.50. The molecule has 6 nitrogen and oxygen atoms in total. The third kappa shape index (κ3) is 3.39. The molecule has 0 saturated heterocycles. The molecule has 0 fully saturated rings. The number of amides is 1. The highest BCUT2D eigenvalue weighted by Crippen LogP contribution is 2.52. The Kier molecular flexibility index (Phi) is 5.09. The highest BCUT2D eigenvalue weighted by atomic mass is 16.5. The van der Waals surface area contributed by atoms with E-state index in [0.717, 1.165) is 23.4 Å². The molecule has 0 bridgehead atoms. The van der Waals surface area contributed by atoms with Crippen LogP contribution in [-0.4, -0.2) is 27.2 Å². The zero-order valence-electron chi connectivity index (χ0n) is 17.1. The summed E-state index contributed by atoms with van der Waals surface area (Å²) in [6.07, 6.45) is 5.48. The van der Waals surface area contributed by atoms with Gasteiger partial charge in [-0.2, -0.15) is 0 Å². The standard InChI is InChI=1S/C23H26N2O4/c1-13(26)24-15-8-9-19-18(12-15)16-6-5-7-17(16)22(25-19)14-10-20(27-2)23(29-4)21(11-14)28-3/h5-6,8-12,16-17,22,25H,7H2,1-4H3,(H,24,26). The molecule has 6 heteroatoms. The van der Waals surface area contributed by atoms with Crippen LogP contribution < -0.4 is 24.8 Å². The van der Waals surface area contributed by atoms with Gasteiger partial charge in [-0.05, 0) is 53.8 Å². The molecule has 2 aromatic rings. The van der Waals surface area contributed by atoms with Gasteiger partial charge in [-0.15, -0.1) is 0 Å². The number of hydrogen-bond acceptors (Lipinski definition) is 5. The fourth-order valence-electron chi connectivity index (χ4n) is 4.49. The second kappa shape index (κ2) is 7.70. The van der Waals surface area contributed by atoms with Gasteiger partial charge < -0.3 is 24.8 Å². The molecule has 29 heavy (non-hydrogen) atoms. The molecule has 1 amide bonds. The largest absolute Gasteiger partial charge is 0.493 e. The molecule has 1 aliphatic heterocycles. The first-order valence-corrected chi connectivity index (χ1v) is 9.70. The number of carbonyl (C=O) groups excluding carboxylic acids is 1.